The number of hydrogen-bond donors (Lipinski definition) is 1. The van der Waals surface area contributed by atoms with Crippen molar-refractivity contribution in [3.8, 4) is 0 Å². The largest absolute Gasteiger partial charge is 0.444 e. The van der Waals surface area contributed by atoms with E-state index < -0.39 is 5.60 Å². The van der Waals surface area contributed by atoms with E-state index in [9.17, 15) is 4.79 Å². The number of rotatable bonds is 7. The van der Waals surface area contributed by atoms with Crippen LogP contribution in [0.2, 0.25) is 0 Å². The van der Waals surface area contributed by atoms with E-state index in [2.05, 4.69) is 26.1 Å². The van der Waals surface area contributed by atoms with Gasteiger partial charge in [-0.25, -0.2) is 4.79 Å². The van der Waals surface area contributed by atoms with Crippen molar-refractivity contribution >= 4 is 6.09 Å². The Balaban J connectivity index is 3.97. The third-order valence-corrected chi connectivity index (χ3v) is 3.10. The van der Waals surface area contributed by atoms with Crippen LogP contribution < -0.4 is 5.32 Å². The van der Waals surface area contributed by atoms with Gasteiger partial charge < -0.3 is 15.0 Å². The van der Waals surface area contributed by atoms with E-state index >= 15 is 0 Å². The Hall–Kier alpha value is -0.770. The highest BCUT2D eigenvalue weighted by Gasteiger charge is 2.20. The summed E-state index contributed by atoms with van der Waals surface area (Å²) in [4.78, 5) is 13.7. The molecule has 0 rings (SSSR count). The van der Waals surface area contributed by atoms with Gasteiger partial charge in [-0.05, 0) is 53.5 Å². The van der Waals surface area contributed by atoms with E-state index in [0.717, 1.165) is 19.5 Å². The first-order valence-electron chi connectivity index (χ1n) is 7.38. The monoisotopic (exact) mass is 272 g/mol. The molecule has 19 heavy (non-hydrogen) atoms. The zero-order valence-electron chi connectivity index (χ0n) is 13.7. The van der Waals surface area contributed by atoms with Crippen LogP contribution in [0.5, 0.6) is 0 Å². The van der Waals surface area contributed by atoms with Crippen LogP contribution in [0.25, 0.3) is 0 Å². The molecular weight excluding hydrogens is 240 g/mol. The topological polar surface area (TPSA) is 41.6 Å². The molecule has 114 valence electrons. The van der Waals surface area contributed by atoms with Crippen molar-refractivity contribution in [1.82, 2.24) is 10.2 Å². The summed E-state index contributed by atoms with van der Waals surface area (Å²) in [6, 6.07) is 0.511. The van der Waals surface area contributed by atoms with Gasteiger partial charge in [-0.2, -0.15) is 0 Å². The van der Waals surface area contributed by atoms with E-state index in [1.807, 2.05) is 27.7 Å². The van der Waals surface area contributed by atoms with Crippen molar-refractivity contribution in [2.45, 2.75) is 66.5 Å². The average Bonchev–Trinajstić information content (AvgIpc) is 2.25. The van der Waals surface area contributed by atoms with E-state index in [1.54, 1.807) is 4.90 Å². The predicted octanol–water partition coefficient (Wildman–Crippen LogP) is 3.27. The number of carbonyl (C=O) groups excluding carboxylic acids is 1. The molecule has 0 fully saturated rings. The molecule has 0 bridgehead atoms. The summed E-state index contributed by atoms with van der Waals surface area (Å²) in [6.07, 6.45) is 0.733. The standard InChI is InChI=1S/C15H32N2O2/c1-8-17(14(18)19-15(5,6)7)11-9-10-16-13(4)12(2)3/h12-13,16H,8-11H2,1-7H3. The summed E-state index contributed by atoms with van der Waals surface area (Å²) in [5.41, 5.74) is -0.422. The molecule has 1 unspecified atom stereocenters. The molecular formula is C15H32N2O2. The van der Waals surface area contributed by atoms with Crippen molar-refractivity contribution in [2.75, 3.05) is 19.6 Å². The summed E-state index contributed by atoms with van der Waals surface area (Å²) in [5, 5.41) is 3.47. The van der Waals surface area contributed by atoms with E-state index in [0.29, 0.717) is 18.5 Å². The van der Waals surface area contributed by atoms with Crippen molar-refractivity contribution in [3.63, 3.8) is 0 Å². The van der Waals surface area contributed by atoms with Gasteiger partial charge in [0.25, 0.3) is 0 Å². The van der Waals surface area contributed by atoms with Gasteiger partial charge in [-0.3, -0.25) is 0 Å². The van der Waals surface area contributed by atoms with Gasteiger partial charge in [0.2, 0.25) is 0 Å². The van der Waals surface area contributed by atoms with Crippen LogP contribution in [0.4, 0.5) is 4.79 Å². The first kappa shape index (κ1) is 18.2. The SMILES string of the molecule is CCN(CCCNC(C)C(C)C)C(=O)OC(C)(C)C. The highest BCUT2D eigenvalue weighted by atomic mass is 16.6. The molecule has 0 saturated heterocycles. The summed E-state index contributed by atoms with van der Waals surface area (Å²) in [6.45, 7) is 16.6. The summed E-state index contributed by atoms with van der Waals surface area (Å²) in [7, 11) is 0. The highest BCUT2D eigenvalue weighted by molar-refractivity contribution is 5.68. The molecule has 0 radical (unpaired) electrons. The zero-order valence-corrected chi connectivity index (χ0v) is 13.7. The normalized spacial score (nSPS) is 13.5. The molecule has 0 aliphatic rings. The van der Waals surface area contributed by atoms with Crippen LogP contribution >= 0.6 is 0 Å². The van der Waals surface area contributed by atoms with Gasteiger partial charge >= 0.3 is 6.09 Å². The molecule has 0 aromatic heterocycles. The minimum atomic E-state index is -0.422. The summed E-state index contributed by atoms with van der Waals surface area (Å²) in [5.74, 6) is 0.633. The summed E-state index contributed by atoms with van der Waals surface area (Å²) < 4.78 is 5.37. The predicted molar refractivity (Wildman–Crippen MR) is 80.4 cm³/mol. The molecule has 4 heteroatoms. The Morgan fingerprint density at radius 2 is 1.84 bits per heavy atom. The Bertz CT molecular complexity index is 259. The Kier molecular flexibility index (Phi) is 8.07. The van der Waals surface area contributed by atoms with E-state index in [-0.39, 0.29) is 6.09 Å². The van der Waals surface area contributed by atoms with Gasteiger partial charge in [0.15, 0.2) is 0 Å². The number of ether oxygens (including phenoxy) is 1. The molecule has 0 aliphatic heterocycles. The van der Waals surface area contributed by atoms with Crippen molar-refractivity contribution in [2.24, 2.45) is 5.92 Å². The molecule has 0 aromatic rings. The molecule has 1 atom stereocenters. The lowest BCUT2D eigenvalue weighted by atomic mass is 10.1. The number of nitrogens with one attached hydrogen (secondary N) is 1. The van der Waals surface area contributed by atoms with Crippen LogP contribution in [0.3, 0.4) is 0 Å². The molecule has 0 spiro atoms. The van der Waals surface area contributed by atoms with E-state index in [1.165, 1.54) is 0 Å². The lowest BCUT2D eigenvalue weighted by Crippen LogP contribution is -2.39. The van der Waals surface area contributed by atoms with Crippen LogP contribution in [-0.4, -0.2) is 42.3 Å². The quantitative estimate of drug-likeness (QED) is 0.723. The second-order valence-electron chi connectivity index (χ2n) is 6.40. The minimum absolute atomic E-state index is 0.216. The van der Waals surface area contributed by atoms with Gasteiger partial charge in [0, 0.05) is 19.1 Å². The maximum absolute atomic E-state index is 11.9. The van der Waals surface area contributed by atoms with E-state index in [4.69, 9.17) is 4.74 Å². The van der Waals surface area contributed by atoms with Crippen molar-refractivity contribution in [3.05, 3.63) is 0 Å². The maximum atomic E-state index is 11.9. The molecule has 4 nitrogen and oxygen atoms in total. The van der Waals surface area contributed by atoms with Crippen molar-refractivity contribution < 1.29 is 9.53 Å². The Labute approximate surface area is 118 Å². The third kappa shape index (κ3) is 8.87. The first-order chi connectivity index (χ1) is 8.67. The number of nitrogens with zero attached hydrogens (tertiary/aromatic N) is 1. The van der Waals surface area contributed by atoms with Gasteiger partial charge in [0.05, 0.1) is 0 Å². The van der Waals surface area contributed by atoms with Crippen LogP contribution in [0.15, 0.2) is 0 Å². The average molecular weight is 272 g/mol. The molecule has 0 aromatic carbocycles. The molecule has 1 amide bonds. The maximum Gasteiger partial charge on any atom is 0.410 e. The fourth-order valence-corrected chi connectivity index (χ4v) is 1.54. The number of hydrogen-bond acceptors (Lipinski definition) is 3. The van der Waals surface area contributed by atoms with Gasteiger partial charge in [-0.15, -0.1) is 0 Å². The molecule has 0 aliphatic carbocycles. The third-order valence-electron chi connectivity index (χ3n) is 3.10. The summed E-state index contributed by atoms with van der Waals surface area (Å²) >= 11 is 0. The van der Waals surface area contributed by atoms with Gasteiger partial charge in [-0.1, -0.05) is 13.8 Å². The number of carbonyl (C=O) groups is 1. The fourth-order valence-electron chi connectivity index (χ4n) is 1.54. The number of amides is 1. The molecule has 1 N–H and O–H groups in total. The van der Waals surface area contributed by atoms with Crippen molar-refractivity contribution in [1.29, 1.82) is 0 Å². The minimum Gasteiger partial charge on any atom is -0.444 e. The second kappa shape index (κ2) is 8.41. The lowest BCUT2D eigenvalue weighted by Gasteiger charge is -2.27. The smallest absolute Gasteiger partial charge is 0.410 e. The molecule has 0 saturated carbocycles. The molecule has 0 heterocycles. The first-order valence-corrected chi connectivity index (χ1v) is 7.38. The van der Waals surface area contributed by atoms with Gasteiger partial charge in [0.1, 0.15) is 5.60 Å². The Morgan fingerprint density at radius 3 is 2.26 bits per heavy atom. The zero-order chi connectivity index (χ0) is 15.1. The second-order valence-corrected chi connectivity index (χ2v) is 6.40. The van der Waals surface area contributed by atoms with Crippen LogP contribution in [-0.2, 0) is 4.74 Å². The fraction of sp³-hybridized carbons (Fsp3) is 0.933. The highest BCUT2D eigenvalue weighted by Crippen LogP contribution is 2.10. The Morgan fingerprint density at radius 1 is 1.26 bits per heavy atom. The van der Waals surface area contributed by atoms with Crippen LogP contribution in [0.1, 0.15) is 54.9 Å². The lowest BCUT2D eigenvalue weighted by molar-refractivity contribution is 0.0258. The van der Waals surface area contributed by atoms with Crippen LogP contribution in [0, 0.1) is 5.92 Å².